The Morgan fingerprint density at radius 3 is 2.52 bits per heavy atom. The molecule has 0 spiro atoms. The SMILES string of the molecule is O=C(CC12CC3CC(CC(C3)C1)C2)NCCSCc1ccsc1. The van der Waals surface area contributed by atoms with E-state index in [1.165, 1.54) is 44.1 Å². The molecule has 2 nitrogen and oxygen atoms in total. The van der Waals surface area contributed by atoms with Crippen molar-refractivity contribution in [3.63, 3.8) is 0 Å². The number of thiophene rings is 1. The van der Waals surface area contributed by atoms with Gasteiger partial charge in [0.25, 0.3) is 0 Å². The summed E-state index contributed by atoms with van der Waals surface area (Å²) in [6.07, 6.45) is 9.17. The molecule has 126 valence electrons. The summed E-state index contributed by atoms with van der Waals surface area (Å²) in [5.41, 5.74) is 1.78. The molecule has 4 fully saturated rings. The molecule has 4 aliphatic rings. The second-order valence-electron chi connectivity index (χ2n) is 8.13. The second kappa shape index (κ2) is 6.79. The van der Waals surface area contributed by atoms with Crippen molar-refractivity contribution in [1.82, 2.24) is 5.32 Å². The molecule has 4 bridgehead atoms. The number of nitrogens with one attached hydrogen (secondary N) is 1. The van der Waals surface area contributed by atoms with Gasteiger partial charge in [0.15, 0.2) is 0 Å². The van der Waals surface area contributed by atoms with E-state index < -0.39 is 0 Å². The normalized spacial score (nSPS) is 34.7. The summed E-state index contributed by atoms with van der Waals surface area (Å²) >= 11 is 3.67. The Balaban J connectivity index is 1.18. The van der Waals surface area contributed by atoms with Gasteiger partial charge >= 0.3 is 0 Å². The van der Waals surface area contributed by atoms with Crippen molar-refractivity contribution < 1.29 is 4.79 Å². The van der Waals surface area contributed by atoms with E-state index >= 15 is 0 Å². The first-order valence-corrected chi connectivity index (χ1v) is 11.2. The molecule has 0 aliphatic heterocycles. The number of carbonyl (C=O) groups excluding carboxylic acids is 1. The maximum absolute atomic E-state index is 12.4. The van der Waals surface area contributed by atoms with Gasteiger partial charge in [0.2, 0.25) is 5.91 Å². The molecule has 5 rings (SSSR count). The number of rotatable bonds is 7. The maximum Gasteiger partial charge on any atom is 0.220 e. The van der Waals surface area contributed by atoms with Gasteiger partial charge in [-0.05, 0) is 84.1 Å². The van der Waals surface area contributed by atoms with Crippen LogP contribution in [0.4, 0.5) is 0 Å². The molecule has 0 atom stereocenters. The van der Waals surface area contributed by atoms with Gasteiger partial charge < -0.3 is 5.32 Å². The Morgan fingerprint density at radius 1 is 1.22 bits per heavy atom. The molecule has 23 heavy (non-hydrogen) atoms. The Bertz CT molecular complexity index is 504. The van der Waals surface area contributed by atoms with Crippen molar-refractivity contribution in [2.45, 2.75) is 50.7 Å². The van der Waals surface area contributed by atoms with Gasteiger partial charge in [-0.15, -0.1) is 0 Å². The van der Waals surface area contributed by atoms with Gasteiger partial charge in [0, 0.05) is 24.5 Å². The van der Waals surface area contributed by atoms with E-state index in [1.807, 2.05) is 11.8 Å². The first-order chi connectivity index (χ1) is 11.2. The lowest BCUT2D eigenvalue weighted by atomic mass is 9.49. The number of hydrogen-bond acceptors (Lipinski definition) is 3. The smallest absolute Gasteiger partial charge is 0.220 e. The molecule has 1 amide bonds. The highest BCUT2D eigenvalue weighted by Crippen LogP contribution is 2.61. The fraction of sp³-hybridized carbons (Fsp3) is 0.737. The van der Waals surface area contributed by atoms with E-state index in [0.29, 0.717) is 11.3 Å². The minimum absolute atomic E-state index is 0.308. The maximum atomic E-state index is 12.4. The summed E-state index contributed by atoms with van der Waals surface area (Å²) in [5.74, 6) is 5.21. The topological polar surface area (TPSA) is 29.1 Å². The molecule has 1 N–H and O–H groups in total. The molecule has 0 radical (unpaired) electrons. The van der Waals surface area contributed by atoms with E-state index in [9.17, 15) is 4.79 Å². The van der Waals surface area contributed by atoms with Crippen LogP contribution in [-0.2, 0) is 10.5 Å². The van der Waals surface area contributed by atoms with Crippen molar-refractivity contribution in [1.29, 1.82) is 0 Å². The van der Waals surface area contributed by atoms with E-state index in [1.54, 1.807) is 11.3 Å². The second-order valence-corrected chi connectivity index (χ2v) is 10.0. The van der Waals surface area contributed by atoms with Crippen LogP contribution >= 0.6 is 23.1 Å². The first kappa shape index (κ1) is 16.0. The van der Waals surface area contributed by atoms with Crippen LogP contribution in [0.15, 0.2) is 16.8 Å². The van der Waals surface area contributed by atoms with E-state index in [4.69, 9.17) is 0 Å². The van der Waals surface area contributed by atoms with Crippen molar-refractivity contribution >= 4 is 29.0 Å². The fourth-order valence-corrected chi connectivity index (χ4v) is 7.32. The van der Waals surface area contributed by atoms with Crippen molar-refractivity contribution in [3.8, 4) is 0 Å². The molecule has 0 saturated heterocycles. The monoisotopic (exact) mass is 349 g/mol. The number of thioether (sulfide) groups is 1. The molecule has 1 aromatic rings. The van der Waals surface area contributed by atoms with Crippen molar-refractivity contribution in [3.05, 3.63) is 22.4 Å². The highest BCUT2D eigenvalue weighted by atomic mass is 32.2. The minimum atomic E-state index is 0.308. The number of amides is 1. The molecule has 4 saturated carbocycles. The zero-order chi connectivity index (χ0) is 15.7. The van der Waals surface area contributed by atoms with Gasteiger partial charge in [0.1, 0.15) is 0 Å². The van der Waals surface area contributed by atoms with Crippen molar-refractivity contribution in [2.24, 2.45) is 23.2 Å². The number of hydrogen-bond donors (Lipinski definition) is 1. The average Bonchev–Trinajstić information content (AvgIpc) is 2.98. The quantitative estimate of drug-likeness (QED) is 0.723. The summed E-state index contributed by atoms with van der Waals surface area (Å²) in [6.45, 7) is 0.819. The van der Waals surface area contributed by atoms with Crippen LogP contribution in [0.2, 0.25) is 0 Å². The van der Waals surface area contributed by atoms with Crippen LogP contribution in [0.3, 0.4) is 0 Å². The highest BCUT2D eigenvalue weighted by Gasteiger charge is 2.51. The molecule has 4 aliphatic carbocycles. The Morgan fingerprint density at radius 2 is 1.91 bits per heavy atom. The summed E-state index contributed by atoms with van der Waals surface area (Å²) in [6, 6.07) is 2.18. The molecule has 4 heteroatoms. The largest absolute Gasteiger partial charge is 0.355 e. The lowest BCUT2D eigenvalue weighted by molar-refractivity contribution is -0.129. The molecule has 1 heterocycles. The lowest BCUT2D eigenvalue weighted by Gasteiger charge is -2.56. The Hall–Kier alpha value is -0.480. The highest BCUT2D eigenvalue weighted by molar-refractivity contribution is 7.98. The van der Waals surface area contributed by atoms with E-state index in [0.717, 1.165) is 42.2 Å². The summed E-state index contributed by atoms with van der Waals surface area (Å²) in [5, 5.41) is 7.52. The Kier molecular flexibility index (Phi) is 4.73. The molecule has 0 unspecified atom stereocenters. The lowest BCUT2D eigenvalue weighted by Crippen LogP contribution is -2.48. The van der Waals surface area contributed by atoms with E-state index in [-0.39, 0.29) is 0 Å². The summed E-state index contributed by atoms with van der Waals surface area (Å²) in [4.78, 5) is 12.4. The molecule has 1 aromatic heterocycles. The van der Waals surface area contributed by atoms with Gasteiger partial charge in [-0.25, -0.2) is 0 Å². The van der Waals surface area contributed by atoms with Crippen molar-refractivity contribution in [2.75, 3.05) is 12.3 Å². The predicted octanol–water partition coefficient (Wildman–Crippen LogP) is 4.70. The number of carbonyl (C=O) groups is 1. The molecular formula is C19H27NOS2. The third kappa shape index (κ3) is 3.79. The van der Waals surface area contributed by atoms with Gasteiger partial charge in [-0.3, -0.25) is 4.79 Å². The first-order valence-electron chi connectivity index (χ1n) is 9.06. The van der Waals surface area contributed by atoms with Crippen LogP contribution in [0.5, 0.6) is 0 Å². The van der Waals surface area contributed by atoms with Gasteiger partial charge in [-0.2, -0.15) is 23.1 Å². The van der Waals surface area contributed by atoms with Gasteiger partial charge in [-0.1, -0.05) is 0 Å². The third-order valence-electron chi connectivity index (χ3n) is 6.12. The van der Waals surface area contributed by atoms with Crippen LogP contribution in [0, 0.1) is 23.2 Å². The van der Waals surface area contributed by atoms with Gasteiger partial charge in [0.05, 0.1) is 0 Å². The van der Waals surface area contributed by atoms with Crippen LogP contribution in [0.25, 0.3) is 0 Å². The zero-order valence-electron chi connectivity index (χ0n) is 13.8. The van der Waals surface area contributed by atoms with Crippen LogP contribution in [-0.4, -0.2) is 18.2 Å². The average molecular weight is 350 g/mol. The van der Waals surface area contributed by atoms with Crippen LogP contribution in [0.1, 0.15) is 50.5 Å². The summed E-state index contributed by atoms with van der Waals surface area (Å²) in [7, 11) is 0. The predicted molar refractivity (Wildman–Crippen MR) is 98.7 cm³/mol. The van der Waals surface area contributed by atoms with Crippen LogP contribution < -0.4 is 5.32 Å². The minimum Gasteiger partial charge on any atom is -0.355 e. The zero-order valence-corrected chi connectivity index (χ0v) is 15.4. The molecule has 0 aromatic carbocycles. The van der Waals surface area contributed by atoms with E-state index in [2.05, 4.69) is 22.1 Å². The fourth-order valence-electron chi connectivity index (χ4n) is 5.74. The summed E-state index contributed by atoms with van der Waals surface area (Å²) < 4.78 is 0. The third-order valence-corrected chi connectivity index (χ3v) is 7.88. The standard InChI is InChI=1S/C19H27NOS2/c21-18(20-2-4-23-13-14-1-3-22-12-14)11-19-8-15-5-16(9-19)7-17(6-15)10-19/h1,3,12,15-17H,2,4-11,13H2,(H,20,21). The Labute approximate surface area is 147 Å². The molecular weight excluding hydrogens is 322 g/mol.